The fourth-order valence-electron chi connectivity index (χ4n) is 3.70. The molecular weight excluding hydrogens is 272 g/mol. The van der Waals surface area contributed by atoms with Crippen LogP contribution in [-0.4, -0.2) is 37.9 Å². The number of nitrogens with one attached hydrogen (secondary N) is 1. The predicted molar refractivity (Wildman–Crippen MR) is 79.0 cm³/mol. The van der Waals surface area contributed by atoms with Gasteiger partial charge in [0.25, 0.3) is 0 Å². The molecule has 3 rings (SSSR count). The predicted octanol–water partition coefficient (Wildman–Crippen LogP) is 1.61. The molecule has 2 unspecified atom stereocenters. The van der Waals surface area contributed by atoms with Crippen LogP contribution in [0.5, 0.6) is 0 Å². The first-order chi connectivity index (χ1) is 9.33. The van der Waals surface area contributed by atoms with E-state index in [-0.39, 0.29) is 5.54 Å². The molecule has 2 aliphatic heterocycles. The molecular formula is C15H22N2O2S. The average molecular weight is 294 g/mol. The molecule has 0 bridgehead atoms. The van der Waals surface area contributed by atoms with Crippen LogP contribution in [0.1, 0.15) is 19.4 Å². The molecule has 1 aromatic rings. The quantitative estimate of drug-likeness (QED) is 0.901. The highest BCUT2D eigenvalue weighted by atomic mass is 32.2. The van der Waals surface area contributed by atoms with Gasteiger partial charge >= 0.3 is 0 Å². The Morgan fingerprint density at radius 2 is 2.05 bits per heavy atom. The molecule has 2 atom stereocenters. The SMILES string of the molecule is Cc1cccc(S(=O)(=O)N2CC3CNCC3C2(C)C)c1. The lowest BCUT2D eigenvalue weighted by molar-refractivity contribution is 0.233. The van der Waals surface area contributed by atoms with Crippen molar-refractivity contribution in [1.82, 2.24) is 9.62 Å². The van der Waals surface area contributed by atoms with E-state index in [0.29, 0.717) is 23.3 Å². The van der Waals surface area contributed by atoms with Crippen LogP contribution >= 0.6 is 0 Å². The summed E-state index contributed by atoms with van der Waals surface area (Å²) in [6, 6.07) is 7.20. The summed E-state index contributed by atoms with van der Waals surface area (Å²) in [5.41, 5.74) is 0.654. The fraction of sp³-hybridized carbons (Fsp3) is 0.600. The summed E-state index contributed by atoms with van der Waals surface area (Å²) < 4.78 is 27.6. The normalized spacial score (nSPS) is 29.6. The molecule has 1 aromatic carbocycles. The fourth-order valence-corrected chi connectivity index (χ4v) is 5.68. The summed E-state index contributed by atoms with van der Waals surface area (Å²) in [5.74, 6) is 0.840. The lowest BCUT2D eigenvalue weighted by Crippen LogP contribution is -2.47. The van der Waals surface area contributed by atoms with Gasteiger partial charge in [-0.3, -0.25) is 0 Å². The number of hydrogen-bond acceptors (Lipinski definition) is 3. The van der Waals surface area contributed by atoms with E-state index in [1.165, 1.54) is 0 Å². The Labute approximate surface area is 121 Å². The van der Waals surface area contributed by atoms with Gasteiger partial charge < -0.3 is 5.32 Å². The van der Waals surface area contributed by atoms with E-state index in [4.69, 9.17) is 0 Å². The molecule has 0 aromatic heterocycles. The molecule has 5 heteroatoms. The van der Waals surface area contributed by atoms with Crippen molar-refractivity contribution in [1.29, 1.82) is 0 Å². The molecule has 2 aliphatic rings. The summed E-state index contributed by atoms with van der Waals surface area (Å²) >= 11 is 0. The number of benzene rings is 1. The summed E-state index contributed by atoms with van der Waals surface area (Å²) in [5, 5.41) is 3.38. The van der Waals surface area contributed by atoms with Crippen LogP contribution in [0.25, 0.3) is 0 Å². The van der Waals surface area contributed by atoms with Crippen LogP contribution in [0.3, 0.4) is 0 Å². The Balaban J connectivity index is 2.00. The van der Waals surface area contributed by atoms with Crippen molar-refractivity contribution >= 4 is 10.0 Å². The highest BCUT2D eigenvalue weighted by molar-refractivity contribution is 7.89. The van der Waals surface area contributed by atoms with Crippen LogP contribution in [0.15, 0.2) is 29.2 Å². The Bertz CT molecular complexity index is 625. The van der Waals surface area contributed by atoms with Gasteiger partial charge in [0.2, 0.25) is 10.0 Å². The van der Waals surface area contributed by atoms with Crippen molar-refractivity contribution in [2.24, 2.45) is 11.8 Å². The zero-order chi connectivity index (χ0) is 14.5. The zero-order valence-electron chi connectivity index (χ0n) is 12.3. The zero-order valence-corrected chi connectivity index (χ0v) is 13.1. The van der Waals surface area contributed by atoms with Gasteiger partial charge in [-0.2, -0.15) is 4.31 Å². The molecule has 0 aliphatic carbocycles. The van der Waals surface area contributed by atoms with Crippen molar-refractivity contribution in [2.45, 2.75) is 31.2 Å². The van der Waals surface area contributed by atoms with E-state index in [1.807, 2.05) is 19.1 Å². The van der Waals surface area contributed by atoms with E-state index >= 15 is 0 Å². The van der Waals surface area contributed by atoms with Crippen molar-refractivity contribution in [3.05, 3.63) is 29.8 Å². The largest absolute Gasteiger partial charge is 0.316 e. The molecule has 0 amide bonds. The van der Waals surface area contributed by atoms with Gasteiger partial charge in [-0.05, 0) is 56.8 Å². The van der Waals surface area contributed by atoms with E-state index in [2.05, 4.69) is 19.2 Å². The van der Waals surface area contributed by atoms with Gasteiger partial charge in [0, 0.05) is 18.6 Å². The first-order valence-electron chi connectivity index (χ1n) is 7.14. The maximum atomic E-state index is 12.9. The molecule has 0 radical (unpaired) electrons. The second-order valence-corrected chi connectivity index (χ2v) is 8.39. The highest BCUT2D eigenvalue weighted by Crippen LogP contribution is 2.43. The maximum Gasteiger partial charge on any atom is 0.243 e. The monoisotopic (exact) mass is 294 g/mol. The average Bonchev–Trinajstić information content (AvgIpc) is 2.92. The van der Waals surface area contributed by atoms with Crippen molar-refractivity contribution in [2.75, 3.05) is 19.6 Å². The Kier molecular flexibility index (Phi) is 3.19. The first kappa shape index (κ1) is 14.0. The Hall–Kier alpha value is -0.910. The smallest absolute Gasteiger partial charge is 0.243 e. The lowest BCUT2D eigenvalue weighted by atomic mass is 9.85. The van der Waals surface area contributed by atoms with Crippen LogP contribution in [0, 0.1) is 18.8 Å². The van der Waals surface area contributed by atoms with Crippen LogP contribution in [0.2, 0.25) is 0 Å². The topological polar surface area (TPSA) is 49.4 Å². The number of rotatable bonds is 2. The van der Waals surface area contributed by atoms with Gasteiger partial charge in [-0.15, -0.1) is 0 Å². The molecule has 0 saturated carbocycles. The van der Waals surface area contributed by atoms with Gasteiger partial charge in [-0.1, -0.05) is 12.1 Å². The highest BCUT2D eigenvalue weighted by Gasteiger charge is 2.53. The van der Waals surface area contributed by atoms with Gasteiger partial charge in [0.1, 0.15) is 0 Å². The maximum absolute atomic E-state index is 12.9. The first-order valence-corrected chi connectivity index (χ1v) is 8.58. The molecule has 2 fully saturated rings. The van der Waals surface area contributed by atoms with Crippen molar-refractivity contribution in [3.8, 4) is 0 Å². The minimum Gasteiger partial charge on any atom is -0.316 e. The molecule has 110 valence electrons. The van der Waals surface area contributed by atoms with Crippen LogP contribution < -0.4 is 5.32 Å². The second-order valence-electron chi connectivity index (χ2n) is 6.53. The van der Waals surface area contributed by atoms with Crippen LogP contribution in [-0.2, 0) is 10.0 Å². The van der Waals surface area contributed by atoms with Crippen LogP contribution in [0.4, 0.5) is 0 Å². The number of fused-ring (bicyclic) bond motifs is 1. The minimum absolute atomic E-state index is 0.323. The van der Waals surface area contributed by atoms with Crippen molar-refractivity contribution in [3.63, 3.8) is 0 Å². The number of nitrogens with zero attached hydrogens (tertiary/aromatic N) is 1. The number of aryl methyl sites for hydroxylation is 1. The number of sulfonamides is 1. The third-order valence-electron chi connectivity index (χ3n) is 4.87. The molecule has 2 heterocycles. The van der Waals surface area contributed by atoms with E-state index in [0.717, 1.165) is 18.7 Å². The third-order valence-corrected chi connectivity index (χ3v) is 6.92. The molecule has 1 N–H and O–H groups in total. The summed E-state index contributed by atoms with van der Waals surface area (Å²) in [6.07, 6.45) is 0. The minimum atomic E-state index is -3.41. The Morgan fingerprint density at radius 3 is 2.70 bits per heavy atom. The summed E-state index contributed by atoms with van der Waals surface area (Å²) in [4.78, 5) is 0.415. The molecule has 0 spiro atoms. The van der Waals surface area contributed by atoms with Gasteiger partial charge in [0.15, 0.2) is 0 Å². The van der Waals surface area contributed by atoms with Gasteiger partial charge in [0.05, 0.1) is 4.90 Å². The van der Waals surface area contributed by atoms with E-state index < -0.39 is 10.0 Å². The van der Waals surface area contributed by atoms with E-state index in [9.17, 15) is 8.42 Å². The molecule has 4 nitrogen and oxygen atoms in total. The van der Waals surface area contributed by atoms with Gasteiger partial charge in [-0.25, -0.2) is 8.42 Å². The standard InChI is InChI=1S/C15H22N2O2S/c1-11-5-4-6-13(7-11)20(18,19)17-10-12-8-16-9-14(12)15(17,2)3/h4-7,12,14,16H,8-10H2,1-3H3. The molecule has 2 saturated heterocycles. The third kappa shape index (κ3) is 2.00. The van der Waals surface area contributed by atoms with Crippen molar-refractivity contribution < 1.29 is 8.42 Å². The summed E-state index contributed by atoms with van der Waals surface area (Å²) in [6.45, 7) is 8.50. The molecule has 20 heavy (non-hydrogen) atoms. The second kappa shape index (κ2) is 4.55. The summed E-state index contributed by atoms with van der Waals surface area (Å²) in [7, 11) is -3.41. The Morgan fingerprint density at radius 1 is 1.30 bits per heavy atom. The van der Waals surface area contributed by atoms with E-state index in [1.54, 1.807) is 16.4 Å². The lowest BCUT2D eigenvalue weighted by Gasteiger charge is -2.34. The number of hydrogen-bond donors (Lipinski definition) is 1.